The monoisotopic (exact) mass is 316 g/mol. The number of anilines is 1. The fourth-order valence-electron chi connectivity index (χ4n) is 2.81. The lowest BCUT2D eigenvalue weighted by Crippen LogP contribution is -2.46. The summed E-state index contributed by atoms with van der Waals surface area (Å²) in [6.07, 6.45) is 3.10. The number of aromatic hydroxyl groups is 1. The van der Waals surface area contributed by atoms with Gasteiger partial charge >= 0.3 is 0 Å². The average molecular weight is 316 g/mol. The fourth-order valence-corrected chi connectivity index (χ4v) is 2.81. The van der Waals surface area contributed by atoms with Gasteiger partial charge in [0.15, 0.2) is 5.82 Å². The van der Waals surface area contributed by atoms with Crippen LogP contribution in [0.15, 0.2) is 28.8 Å². The zero-order valence-electron chi connectivity index (χ0n) is 13.6. The lowest BCUT2D eigenvalue weighted by molar-refractivity contribution is 0.240. The van der Waals surface area contributed by atoms with E-state index in [1.807, 2.05) is 12.1 Å². The van der Waals surface area contributed by atoms with Gasteiger partial charge in [0.05, 0.1) is 6.54 Å². The second-order valence-corrected chi connectivity index (χ2v) is 5.99. The molecule has 0 spiro atoms. The maximum atomic E-state index is 9.37. The van der Waals surface area contributed by atoms with E-state index in [9.17, 15) is 5.11 Å². The molecule has 6 heteroatoms. The average Bonchev–Trinajstić information content (AvgIpc) is 3.02. The van der Waals surface area contributed by atoms with Crippen LogP contribution in [0, 0.1) is 0 Å². The Morgan fingerprint density at radius 3 is 2.57 bits per heavy atom. The van der Waals surface area contributed by atoms with Crippen LogP contribution in [-0.4, -0.2) is 46.3 Å². The van der Waals surface area contributed by atoms with Gasteiger partial charge in [-0.3, -0.25) is 4.90 Å². The minimum absolute atomic E-state index is 0.309. The number of phenolic OH excluding ortho intramolecular Hbond substituents is 1. The first kappa shape index (κ1) is 15.8. The summed E-state index contributed by atoms with van der Waals surface area (Å²) in [4.78, 5) is 9.15. The smallest absolute Gasteiger partial charge is 0.226 e. The summed E-state index contributed by atoms with van der Waals surface area (Å²) >= 11 is 0. The molecule has 23 heavy (non-hydrogen) atoms. The number of aromatic nitrogens is 2. The first-order valence-electron chi connectivity index (χ1n) is 8.32. The Morgan fingerprint density at radius 2 is 1.87 bits per heavy atom. The number of aryl methyl sites for hydroxylation is 1. The SMILES string of the molecule is CCCCc1nc(CN2CCN(c3ccc(O)cc3)CC2)no1. The van der Waals surface area contributed by atoms with Crippen molar-refractivity contribution in [2.45, 2.75) is 32.7 Å². The van der Waals surface area contributed by atoms with E-state index >= 15 is 0 Å². The lowest BCUT2D eigenvalue weighted by Gasteiger charge is -2.35. The van der Waals surface area contributed by atoms with Crippen molar-refractivity contribution in [1.82, 2.24) is 15.0 Å². The van der Waals surface area contributed by atoms with E-state index in [0.717, 1.165) is 69.4 Å². The molecule has 0 bridgehead atoms. The van der Waals surface area contributed by atoms with Gasteiger partial charge < -0.3 is 14.5 Å². The van der Waals surface area contributed by atoms with Crippen LogP contribution in [0.25, 0.3) is 0 Å². The number of nitrogens with zero attached hydrogens (tertiary/aromatic N) is 4. The second-order valence-electron chi connectivity index (χ2n) is 5.99. The Labute approximate surface area is 136 Å². The topological polar surface area (TPSA) is 65.6 Å². The first-order valence-corrected chi connectivity index (χ1v) is 8.32. The molecule has 1 aromatic carbocycles. The molecule has 0 radical (unpaired) electrons. The van der Waals surface area contributed by atoms with Gasteiger partial charge in [0.1, 0.15) is 5.75 Å². The summed E-state index contributed by atoms with van der Waals surface area (Å²) in [7, 11) is 0. The van der Waals surface area contributed by atoms with Crippen LogP contribution < -0.4 is 4.90 Å². The third kappa shape index (κ3) is 4.22. The van der Waals surface area contributed by atoms with E-state index in [0.29, 0.717) is 5.75 Å². The largest absolute Gasteiger partial charge is 0.508 e. The van der Waals surface area contributed by atoms with Gasteiger partial charge in [0, 0.05) is 38.3 Å². The van der Waals surface area contributed by atoms with Crippen molar-refractivity contribution >= 4 is 5.69 Å². The van der Waals surface area contributed by atoms with Gasteiger partial charge in [-0.25, -0.2) is 0 Å². The molecule has 1 fully saturated rings. The van der Waals surface area contributed by atoms with Crippen LogP contribution in [0.1, 0.15) is 31.5 Å². The number of rotatable bonds is 6. The summed E-state index contributed by atoms with van der Waals surface area (Å²) in [6, 6.07) is 7.39. The van der Waals surface area contributed by atoms with Crippen molar-refractivity contribution in [1.29, 1.82) is 0 Å². The molecule has 124 valence electrons. The highest BCUT2D eigenvalue weighted by Gasteiger charge is 2.19. The van der Waals surface area contributed by atoms with Gasteiger partial charge in [-0.1, -0.05) is 18.5 Å². The van der Waals surface area contributed by atoms with Crippen LogP contribution in [-0.2, 0) is 13.0 Å². The van der Waals surface area contributed by atoms with Gasteiger partial charge in [0.25, 0.3) is 0 Å². The minimum Gasteiger partial charge on any atom is -0.508 e. The third-order valence-electron chi connectivity index (χ3n) is 4.21. The molecule has 1 saturated heterocycles. The Balaban J connectivity index is 1.49. The minimum atomic E-state index is 0.309. The zero-order valence-corrected chi connectivity index (χ0v) is 13.6. The molecule has 2 heterocycles. The quantitative estimate of drug-likeness (QED) is 0.883. The van der Waals surface area contributed by atoms with Gasteiger partial charge in [-0.2, -0.15) is 4.98 Å². The highest BCUT2D eigenvalue weighted by atomic mass is 16.5. The Morgan fingerprint density at radius 1 is 1.13 bits per heavy atom. The molecular weight excluding hydrogens is 292 g/mol. The molecule has 0 unspecified atom stereocenters. The zero-order chi connectivity index (χ0) is 16.1. The number of unbranched alkanes of at least 4 members (excludes halogenated alkanes) is 1. The standard InChI is InChI=1S/C17H24N4O2/c1-2-3-4-17-18-16(19-23-17)13-20-9-11-21(12-10-20)14-5-7-15(22)8-6-14/h5-8,22H,2-4,9-13H2,1H3. The lowest BCUT2D eigenvalue weighted by atomic mass is 10.2. The number of benzene rings is 1. The van der Waals surface area contributed by atoms with Gasteiger partial charge in [-0.15, -0.1) is 0 Å². The van der Waals surface area contributed by atoms with Gasteiger partial charge in [0.2, 0.25) is 5.89 Å². The molecule has 1 aliphatic rings. The number of hydrogen-bond acceptors (Lipinski definition) is 6. The summed E-state index contributed by atoms with van der Waals surface area (Å²) < 4.78 is 5.29. The molecule has 3 rings (SSSR count). The number of hydrogen-bond donors (Lipinski definition) is 1. The Hall–Kier alpha value is -2.08. The maximum absolute atomic E-state index is 9.37. The van der Waals surface area contributed by atoms with E-state index in [1.165, 1.54) is 0 Å². The molecule has 0 aliphatic carbocycles. The summed E-state index contributed by atoms with van der Waals surface area (Å²) in [6.45, 7) is 6.78. The van der Waals surface area contributed by atoms with Crippen molar-refractivity contribution in [3.63, 3.8) is 0 Å². The molecule has 1 aromatic heterocycles. The highest BCUT2D eigenvalue weighted by molar-refractivity contribution is 5.49. The Bertz CT molecular complexity index is 603. The molecule has 0 saturated carbocycles. The van der Waals surface area contributed by atoms with Gasteiger partial charge in [-0.05, 0) is 30.7 Å². The molecule has 0 amide bonds. The molecular formula is C17H24N4O2. The van der Waals surface area contributed by atoms with Crippen LogP contribution in [0.2, 0.25) is 0 Å². The van der Waals surface area contributed by atoms with Crippen molar-refractivity contribution in [2.24, 2.45) is 0 Å². The maximum Gasteiger partial charge on any atom is 0.226 e. The second kappa shape index (κ2) is 7.46. The summed E-state index contributed by atoms with van der Waals surface area (Å²) in [5, 5.41) is 13.4. The fraction of sp³-hybridized carbons (Fsp3) is 0.529. The number of piperazine rings is 1. The van der Waals surface area contributed by atoms with Crippen LogP contribution in [0.3, 0.4) is 0 Å². The highest BCUT2D eigenvalue weighted by Crippen LogP contribution is 2.20. The third-order valence-corrected chi connectivity index (χ3v) is 4.21. The Kier molecular flexibility index (Phi) is 5.12. The molecule has 1 N–H and O–H groups in total. The van der Waals surface area contributed by atoms with Crippen LogP contribution >= 0.6 is 0 Å². The van der Waals surface area contributed by atoms with E-state index in [2.05, 4.69) is 26.9 Å². The summed E-state index contributed by atoms with van der Waals surface area (Å²) in [5.74, 6) is 1.85. The van der Waals surface area contributed by atoms with Crippen LogP contribution in [0.5, 0.6) is 5.75 Å². The summed E-state index contributed by atoms with van der Waals surface area (Å²) in [5.41, 5.74) is 1.16. The van der Waals surface area contributed by atoms with Crippen molar-refractivity contribution in [3.8, 4) is 5.75 Å². The van der Waals surface area contributed by atoms with Crippen molar-refractivity contribution < 1.29 is 9.63 Å². The predicted octanol–water partition coefficient (Wildman–Crippen LogP) is 2.44. The van der Waals surface area contributed by atoms with E-state index in [1.54, 1.807) is 12.1 Å². The molecule has 2 aromatic rings. The number of phenols is 1. The van der Waals surface area contributed by atoms with Crippen molar-refractivity contribution in [2.75, 3.05) is 31.1 Å². The van der Waals surface area contributed by atoms with Crippen LogP contribution in [0.4, 0.5) is 5.69 Å². The predicted molar refractivity (Wildman–Crippen MR) is 88.5 cm³/mol. The first-order chi connectivity index (χ1) is 11.2. The molecule has 0 atom stereocenters. The molecule has 1 aliphatic heterocycles. The van der Waals surface area contributed by atoms with E-state index < -0.39 is 0 Å². The molecule has 6 nitrogen and oxygen atoms in total. The normalized spacial score (nSPS) is 16.0. The van der Waals surface area contributed by atoms with E-state index in [-0.39, 0.29) is 0 Å². The van der Waals surface area contributed by atoms with E-state index in [4.69, 9.17) is 4.52 Å². The van der Waals surface area contributed by atoms with Crippen molar-refractivity contribution in [3.05, 3.63) is 36.0 Å².